The van der Waals surface area contributed by atoms with Crippen molar-refractivity contribution in [3.05, 3.63) is 71.3 Å². The van der Waals surface area contributed by atoms with Crippen molar-refractivity contribution in [1.82, 2.24) is 9.80 Å². The van der Waals surface area contributed by atoms with Gasteiger partial charge < -0.3 is 29.1 Å². The van der Waals surface area contributed by atoms with E-state index in [1.807, 2.05) is 0 Å². The van der Waals surface area contributed by atoms with E-state index in [2.05, 4.69) is 0 Å². The van der Waals surface area contributed by atoms with Gasteiger partial charge in [0.05, 0.1) is 33.2 Å². The van der Waals surface area contributed by atoms with Crippen LogP contribution >= 0.6 is 0 Å². The Morgan fingerprint density at radius 3 is 1.58 bits per heavy atom. The zero-order valence-corrected chi connectivity index (χ0v) is 24.5. The molecule has 4 atom stereocenters. The highest BCUT2D eigenvalue weighted by Gasteiger charge is 2.36. The number of hydrogen-bond donors (Lipinski definition) is 1. The highest BCUT2D eigenvalue weighted by atomic mass is 19.1. The van der Waals surface area contributed by atoms with Gasteiger partial charge in [-0.05, 0) is 73.9 Å². The summed E-state index contributed by atoms with van der Waals surface area (Å²) in [5, 5.41) is 9.15. The molecular weight excluding hydrogens is 566 g/mol. The third-order valence-corrected chi connectivity index (χ3v) is 7.85. The lowest BCUT2D eigenvalue weighted by Gasteiger charge is -2.37. The van der Waals surface area contributed by atoms with Crippen molar-refractivity contribution < 1.29 is 47.3 Å². The molecule has 4 unspecified atom stereocenters. The maximum absolute atomic E-state index is 13.3. The molecule has 2 aliphatic heterocycles. The molecule has 0 bridgehead atoms. The van der Waals surface area contributed by atoms with Gasteiger partial charge in [0.2, 0.25) is 0 Å². The minimum Gasteiger partial charge on any atom is -0.481 e. The number of benzene rings is 2. The van der Waals surface area contributed by atoms with Crippen molar-refractivity contribution in [2.24, 2.45) is 11.8 Å². The van der Waals surface area contributed by atoms with Crippen LogP contribution in [0.15, 0.2) is 48.5 Å². The largest absolute Gasteiger partial charge is 0.481 e. The fraction of sp³-hybridized carbons (Fsp3) is 0.484. The summed E-state index contributed by atoms with van der Waals surface area (Å²) in [5.41, 5.74) is 1.52. The average molecular weight is 605 g/mol. The third kappa shape index (κ3) is 9.39. The number of likely N-dealkylation sites (tertiary alicyclic amines) is 2. The topological polar surface area (TPSA) is 123 Å². The summed E-state index contributed by atoms with van der Waals surface area (Å²) < 4.78 is 40.9. The fourth-order valence-corrected chi connectivity index (χ4v) is 5.68. The van der Waals surface area contributed by atoms with Gasteiger partial charge in [0.15, 0.2) is 0 Å². The Kier molecular flexibility index (Phi) is 12.3. The predicted molar refractivity (Wildman–Crippen MR) is 151 cm³/mol. The van der Waals surface area contributed by atoms with E-state index in [1.165, 1.54) is 50.5 Å². The normalized spacial score (nSPS) is 21.6. The number of carboxylic acids is 1. The van der Waals surface area contributed by atoms with Gasteiger partial charge in [0.25, 0.3) is 0 Å². The smallest absolute Gasteiger partial charge is 0.409 e. The summed E-state index contributed by atoms with van der Waals surface area (Å²) in [6.45, 7) is 0.760. The SMILES string of the molecule is COC(=O)C1CCN(C(=O)OC)C(Cc2cccc(F)c2)C1.COC(=O)N1CCC(C(=O)O)CC1Cc1cccc(F)c1. The number of halogens is 2. The molecule has 2 aromatic rings. The molecule has 4 rings (SSSR count). The number of piperidine rings is 2. The quantitative estimate of drug-likeness (QED) is 0.372. The van der Waals surface area contributed by atoms with Gasteiger partial charge in [-0.3, -0.25) is 9.59 Å². The van der Waals surface area contributed by atoms with Gasteiger partial charge in [0, 0.05) is 25.2 Å². The maximum atomic E-state index is 13.3. The molecule has 12 heteroatoms. The van der Waals surface area contributed by atoms with Crippen LogP contribution in [0.3, 0.4) is 0 Å². The Balaban J connectivity index is 0.000000236. The number of methoxy groups -OCH3 is 3. The van der Waals surface area contributed by atoms with Crippen LogP contribution in [0.4, 0.5) is 18.4 Å². The molecule has 2 heterocycles. The van der Waals surface area contributed by atoms with Crippen LogP contribution < -0.4 is 0 Å². The Morgan fingerprint density at radius 2 is 1.19 bits per heavy atom. The van der Waals surface area contributed by atoms with Gasteiger partial charge in [-0.25, -0.2) is 18.4 Å². The van der Waals surface area contributed by atoms with Crippen molar-refractivity contribution in [3.8, 4) is 0 Å². The highest BCUT2D eigenvalue weighted by molar-refractivity contribution is 5.74. The van der Waals surface area contributed by atoms with Crippen LogP contribution in [-0.2, 0) is 36.6 Å². The van der Waals surface area contributed by atoms with Crippen LogP contribution in [0, 0.1) is 23.5 Å². The second-order valence-electron chi connectivity index (χ2n) is 10.6. The number of hydrogen-bond acceptors (Lipinski definition) is 7. The standard InChI is InChI=1S/C16H20FNO4.C15H18FNO4/c1-21-15(19)12-6-7-18(16(20)22-2)14(10-12)9-11-4-3-5-13(17)8-11;1-21-15(20)17-6-5-11(14(18)19)9-13(17)8-10-3-2-4-12(16)7-10/h3-5,8,12,14H,6-7,9-10H2,1-2H3;2-4,7,11,13H,5-6,8-9H2,1H3,(H,18,19). The molecule has 2 fully saturated rings. The summed E-state index contributed by atoms with van der Waals surface area (Å²) >= 11 is 0. The first-order valence-electron chi connectivity index (χ1n) is 14.0. The van der Waals surface area contributed by atoms with Crippen LogP contribution in [-0.4, -0.2) is 85.5 Å². The summed E-state index contributed by atoms with van der Waals surface area (Å²) in [5.74, 6) is -2.52. The molecule has 43 heavy (non-hydrogen) atoms. The predicted octanol–water partition coefficient (Wildman–Crippen LogP) is 4.69. The minimum absolute atomic E-state index is 0.216. The summed E-state index contributed by atoms with van der Waals surface area (Å²) in [6, 6.07) is 11.9. The lowest BCUT2D eigenvalue weighted by atomic mass is 9.88. The molecule has 0 spiro atoms. The Hall–Kier alpha value is -4.22. The van der Waals surface area contributed by atoms with E-state index in [4.69, 9.17) is 19.3 Å². The molecule has 0 saturated carbocycles. The van der Waals surface area contributed by atoms with Crippen molar-refractivity contribution in [2.75, 3.05) is 34.4 Å². The Labute approximate surface area is 249 Å². The number of carbonyl (C=O) groups excluding carboxylic acids is 3. The van der Waals surface area contributed by atoms with Crippen LogP contribution in [0.2, 0.25) is 0 Å². The van der Waals surface area contributed by atoms with Crippen molar-refractivity contribution in [1.29, 1.82) is 0 Å². The Bertz CT molecular complexity index is 1280. The van der Waals surface area contributed by atoms with E-state index in [-0.39, 0.29) is 35.6 Å². The second kappa shape index (κ2) is 15.9. The second-order valence-corrected chi connectivity index (χ2v) is 10.6. The molecule has 2 saturated heterocycles. The van der Waals surface area contributed by atoms with Crippen molar-refractivity contribution >= 4 is 24.1 Å². The van der Waals surface area contributed by atoms with Crippen molar-refractivity contribution in [3.63, 3.8) is 0 Å². The fourth-order valence-electron chi connectivity index (χ4n) is 5.68. The van der Waals surface area contributed by atoms with E-state index in [0.29, 0.717) is 51.6 Å². The molecule has 0 aliphatic carbocycles. The molecule has 0 aromatic heterocycles. The number of carboxylic acid groups (broad SMARTS) is 1. The van der Waals surface area contributed by atoms with Gasteiger partial charge >= 0.3 is 24.1 Å². The zero-order valence-electron chi connectivity index (χ0n) is 24.5. The first kappa shape index (κ1) is 33.3. The first-order valence-corrected chi connectivity index (χ1v) is 14.0. The number of aliphatic carboxylic acids is 1. The molecule has 2 amide bonds. The molecule has 0 radical (unpaired) electrons. The van der Waals surface area contributed by atoms with E-state index in [0.717, 1.165) is 11.1 Å². The maximum Gasteiger partial charge on any atom is 0.409 e. The number of carbonyl (C=O) groups is 4. The van der Waals surface area contributed by atoms with Gasteiger partial charge in [-0.1, -0.05) is 24.3 Å². The van der Waals surface area contributed by atoms with Crippen LogP contribution in [0.25, 0.3) is 0 Å². The molecule has 2 aromatic carbocycles. The number of nitrogens with zero attached hydrogens (tertiary/aromatic N) is 2. The van der Waals surface area contributed by atoms with Crippen molar-refractivity contribution in [2.45, 2.75) is 50.6 Å². The summed E-state index contributed by atoms with van der Waals surface area (Å²) in [4.78, 5) is 49.7. The van der Waals surface area contributed by atoms with E-state index < -0.39 is 24.1 Å². The van der Waals surface area contributed by atoms with Crippen LogP contribution in [0.5, 0.6) is 0 Å². The monoisotopic (exact) mass is 604 g/mol. The van der Waals surface area contributed by atoms with Gasteiger partial charge in [-0.2, -0.15) is 0 Å². The van der Waals surface area contributed by atoms with Gasteiger partial charge in [0.1, 0.15) is 11.6 Å². The number of rotatable bonds is 6. The van der Waals surface area contributed by atoms with E-state index >= 15 is 0 Å². The highest BCUT2D eigenvalue weighted by Crippen LogP contribution is 2.28. The van der Waals surface area contributed by atoms with Crippen LogP contribution in [0.1, 0.15) is 36.8 Å². The lowest BCUT2D eigenvalue weighted by molar-refractivity contribution is -0.147. The lowest BCUT2D eigenvalue weighted by Crippen LogP contribution is -2.48. The third-order valence-electron chi connectivity index (χ3n) is 7.85. The minimum atomic E-state index is -0.858. The summed E-state index contributed by atoms with van der Waals surface area (Å²) in [6.07, 6.45) is 1.77. The molecule has 234 valence electrons. The first-order chi connectivity index (χ1) is 20.6. The number of esters is 1. The number of amides is 2. The van der Waals surface area contributed by atoms with E-state index in [9.17, 15) is 28.0 Å². The molecular formula is C31H38F2N2O8. The molecule has 10 nitrogen and oxygen atoms in total. The molecule has 2 aliphatic rings. The average Bonchev–Trinajstić information content (AvgIpc) is 3.00. The summed E-state index contributed by atoms with van der Waals surface area (Å²) in [7, 11) is 3.98. The van der Waals surface area contributed by atoms with E-state index in [1.54, 1.807) is 29.2 Å². The zero-order chi connectivity index (χ0) is 31.5. The number of ether oxygens (including phenoxy) is 3. The molecule has 1 N–H and O–H groups in total. The van der Waals surface area contributed by atoms with Gasteiger partial charge in [-0.15, -0.1) is 0 Å². The Morgan fingerprint density at radius 1 is 0.744 bits per heavy atom.